The van der Waals surface area contributed by atoms with E-state index in [1.54, 1.807) is 4.90 Å². The summed E-state index contributed by atoms with van der Waals surface area (Å²) >= 11 is 0. The van der Waals surface area contributed by atoms with Crippen molar-refractivity contribution in [2.24, 2.45) is 5.92 Å². The Hall–Kier alpha value is -1.30. The molecule has 2 heterocycles. The van der Waals surface area contributed by atoms with Gasteiger partial charge in [-0.1, -0.05) is 0 Å². The van der Waals surface area contributed by atoms with Crippen molar-refractivity contribution in [3.05, 3.63) is 0 Å². The van der Waals surface area contributed by atoms with Crippen molar-refractivity contribution in [3.63, 3.8) is 0 Å². The number of carbonyl (C=O) groups is 2. The van der Waals surface area contributed by atoms with E-state index in [4.69, 9.17) is 9.84 Å². The van der Waals surface area contributed by atoms with Gasteiger partial charge in [-0.2, -0.15) is 0 Å². The average Bonchev–Trinajstić information content (AvgIpc) is 3.03. The van der Waals surface area contributed by atoms with Crippen LogP contribution in [-0.4, -0.2) is 53.8 Å². The molecule has 20 heavy (non-hydrogen) atoms. The van der Waals surface area contributed by atoms with Gasteiger partial charge in [-0.3, -0.25) is 4.79 Å². The normalized spacial score (nSPS) is 29.6. The molecule has 2 aliphatic rings. The third-order valence-corrected chi connectivity index (χ3v) is 4.25. The van der Waals surface area contributed by atoms with Gasteiger partial charge in [0.15, 0.2) is 0 Å². The molecule has 114 valence electrons. The van der Waals surface area contributed by atoms with Crippen molar-refractivity contribution >= 4 is 12.0 Å². The molecule has 0 bridgehead atoms. The lowest BCUT2D eigenvalue weighted by Crippen LogP contribution is -2.45. The van der Waals surface area contributed by atoms with Crippen LogP contribution >= 0.6 is 0 Å². The summed E-state index contributed by atoms with van der Waals surface area (Å²) in [5.74, 6) is -0.450. The second kappa shape index (κ2) is 6.43. The number of hydrogen-bond acceptors (Lipinski definition) is 3. The van der Waals surface area contributed by atoms with E-state index in [0.29, 0.717) is 32.0 Å². The zero-order valence-corrected chi connectivity index (χ0v) is 12.1. The number of nitrogens with zero attached hydrogens (tertiary/aromatic N) is 1. The molecule has 0 aromatic carbocycles. The number of nitrogens with one attached hydrogen (secondary N) is 1. The van der Waals surface area contributed by atoms with Gasteiger partial charge >= 0.3 is 12.0 Å². The number of urea groups is 1. The fraction of sp³-hybridized carbons (Fsp3) is 0.857. The molecule has 6 nitrogen and oxygen atoms in total. The monoisotopic (exact) mass is 284 g/mol. The quantitative estimate of drug-likeness (QED) is 0.801. The molecule has 2 unspecified atom stereocenters. The summed E-state index contributed by atoms with van der Waals surface area (Å²) in [6, 6.07) is -0.0560. The fourth-order valence-electron chi connectivity index (χ4n) is 2.93. The van der Waals surface area contributed by atoms with E-state index in [-0.39, 0.29) is 18.1 Å². The third kappa shape index (κ3) is 4.10. The number of carboxylic acids is 1. The van der Waals surface area contributed by atoms with Crippen molar-refractivity contribution in [2.45, 2.75) is 44.6 Å². The van der Waals surface area contributed by atoms with Crippen LogP contribution in [0.4, 0.5) is 4.79 Å². The number of likely N-dealkylation sites (tertiary alicyclic amines) is 1. The molecule has 0 aliphatic carbocycles. The van der Waals surface area contributed by atoms with Crippen LogP contribution in [0, 0.1) is 5.92 Å². The minimum atomic E-state index is -0.765. The van der Waals surface area contributed by atoms with E-state index < -0.39 is 5.97 Å². The Bertz CT molecular complexity index is 366. The Morgan fingerprint density at radius 2 is 2.30 bits per heavy atom. The molecule has 6 heteroatoms. The molecule has 0 spiro atoms. The zero-order chi connectivity index (χ0) is 14.6. The summed E-state index contributed by atoms with van der Waals surface area (Å²) in [5.41, 5.74) is -0.224. The molecule has 0 radical (unpaired) electrons. The van der Waals surface area contributed by atoms with Gasteiger partial charge in [0.2, 0.25) is 0 Å². The average molecular weight is 284 g/mol. The maximum atomic E-state index is 12.1. The van der Waals surface area contributed by atoms with E-state index in [0.717, 1.165) is 25.9 Å². The molecule has 2 atom stereocenters. The first-order valence-corrected chi connectivity index (χ1v) is 7.37. The predicted octanol–water partition coefficient (Wildman–Crippen LogP) is 1.45. The first-order chi connectivity index (χ1) is 9.48. The molecule has 2 saturated heterocycles. The molecule has 0 saturated carbocycles. The molecule has 2 fully saturated rings. The van der Waals surface area contributed by atoms with Crippen LogP contribution in [0.5, 0.6) is 0 Å². The lowest BCUT2D eigenvalue weighted by Gasteiger charge is -2.25. The maximum absolute atomic E-state index is 12.1. The van der Waals surface area contributed by atoms with Gasteiger partial charge in [0.05, 0.1) is 5.60 Å². The summed E-state index contributed by atoms with van der Waals surface area (Å²) in [5, 5.41) is 11.6. The van der Waals surface area contributed by atoms with Gasteiger partial charge in [-0.25, -0.2) is 4.79 Å². The number of rotatable bonds is 5. The Kier molecular flexibility index (Phi) is 4.86. The van der Waals surface area contributed by atoms with E-state index in [9.17, 15) is 9.59 Å². The number of carboxylic acid groups (broad SMARTS) is 1. The smallest absolute Gasteiger partial charge is 0.317 e. The number of amides is 2. The topological polar surface area (TPSA) is 78.9 Å². The molecule has 2 aliphatic heterocycles. The predicted molar refractivity (Wildman–Crippen MR) is 73.5 cm³/mol. The third-order valence-electron chi connectivity index (χ3n) is 4.25. The Morgan fingerprint density at radius 1 is 1.50 bits per heavy atom. The Balaban J connectivity index is 1.70. The van der Waals surface area contributed by atoms with Crippen LogP contribution in [-0.2, 0) is 9.53 Å². The van der Waals surface area contributed by atoms with Crippen LogP contribution < -0.4 is 5.32 Å². The molecular weight excluding hydrogens is 260 g/mol. The van der Waals surface area contributed by atoms with Gasteiger partial charge in [-0.15, -0.1) is 0 Å². The standard InChI is InChI=1S/C14H24N2O4/c1-14(6-2-8-20-14)10-15-13(19)16-7-5-11(9-16)3-4-12(17)18/h11H,2-10H2,1H3,(H,15,19)(H,17,18). The second-order valence-corrected chi connectivity index (χ2v) is 6.09. The van der Waals surface area contributed by atoms with Crippen LogP contribution in [0.25, 0.3) is 0 Å². The first-order valence-electron chi connectivity index (χ1n) is 7.37. The summed E-state index contributed by atoms with van der Waals surface area (Å²) in [7, 11) is 0. The number of hydrogen-bond donors (Lipinski definition) is 2. The second-order valence-electron chi connectivity index (χ2n) is 6.09. The molecule has 2 amide bonds. The van der Waals surface area contributed by atoms with Gasteiger partial charge in [0.1, 0.15) is 0 Å². The minimum absolute atomic E-state index is 0.0560. The summed E-state index contributed by atoms with van der Waals surface area (Å²) < 4.78 is 5.64. The number of aliphatic carboxylic acids is 1. The van der Waals surface area contributed by atoms with E-state index >= 15 is 0 Å². The SMILES string of the molecule is CC1(CNC(=O)N2CCC(CCC(=O)O)C2)CCCO1. The van der Waals surface area contributed by atoms with Gasteiger partial charge < -0.3 is 20.1 Å². The zero-order valence-electron chi connectivity index (χ0n) is 12.1. The highest BCUT2D eigenvalue weighted by molar-refractivity contribution is 5.74. The Morgan fingerprint density at radius 3 is 2.95 bits per heavy atom. The highest BCUT2D eigenvalue weighted by Gasteiger charge is 2.32. The molecular formula is C14H24N2O4. The van der Waals surface area contributed by atoms with E-state index in [1.165, 1.54) is 0 Å². The van der Waals surface area contributed by atoms with Crippen molar-refractivity contribution in [2.75, 3.05) is 26.2 Å². The molecule has 0 aromatic heterocycles. The number of ether oxygens (including phenoxy) is 1. The highest BCUT2D eigenvalue weighted by Crippen LogP contribution is 2.24. The molecule has 0 aromatic rings. The molecule has 2 rings (SSSR count). The first kappa shape index (κ1) is 15.1. The summed E-state index contributed by atoms with van der Waals surface area (Å²) in [4.78, 5) is 24.4. The molecule has 2 N–H and O–H groups in total. The van der Waals surface area contributed by atoms with Crippen LogP contribution in [0.15, 0.2) is 0 Å². The summed E-state index contributed by atoms with van der Waals surface area (Å²) in [6.45, 7) is 4.72. The lowest BCUT2D eigenvalue weighted by atomic mass is 10.0. The van der Waals surface area contributed by atoms with Crippen LogP contribution in [0.3, 0.4) is 0 Å². The minimum Gasteiger partial charge on any atom is -0.481 e. The van der Waals surface area contributed by atoms with Gasteiger partial charge in [0.25, 0.3) is 0 Å². The van der Waals surface area contributed by atoms with E-state index in [2.05, 4.69) is 5.32 Å². The lowest BCUT2D eigenvalue weighted by molar-refractivity contribution is -0.137. The van der Waals surface area contributed by atoms with Crippen LogP contribution in [0.1, 0.15) is 39.0 Å². The highest BCUT2D eigenvalue weighted by atomic mass is 16.5. The summed E-state index contributed by atoms with van der Waals surface area (Å²) in [6.07, 6.45) is 3.77. The van der Waals surface area contributed by atoms with Crippen molar-refractivity contribution < 1.29 is 19.4 Å². The number of carbonyl (C=O) groups excluding carboxylic acids is 1. The fourth-order valence-corrected chi connectivity index (χ4v) is 2.93. The van der Waals surface area contributed by atoms with Gasteiger partial charge in [-0.05, 0) is 38.5 Å². The largest absolute Gasteiger partial charge is 0.481 e. The Labute approximate surface area is 119 Å². The van der Waals surface area contributed by atoms with Crippen LogP contribution in [0.2, 0.25) is 0 Å². The van der Waals surface area contributed by atoms with Crippen molar-refractivity contribution in [1.29, 1.82) is 0 Å². The van der Waals surface area contributed by atoms with Crippen molar-refractivity contribution in [1.82, 2.24) is 10.2 Å². The van der Waals surface area contributed by atoms with Gasteiger partial charge in [0, 0.05) is 32.7 Å². The van der Waals surface area contributed by atoms with E-state index in [1.807, 2.05) is 6.92 Å². The van der Waals surface area contributed by atoms with Crippen molar-refractivity contribution in [3.8, 4) is 0 Å². The maximum Gasteiger partial charge on any atom is 0.317 e.